The molecule has 3 heterocycles. The number of nitrogens with zero attached hydrogens (tertiary/aromatic N) is 4. The SMILES string of the molecule is CC(C)c1nn(-c2ccc(F)cc2)c2nc(C(=O)NS(C)(=O)=O)cc(OCC3CCN(C(=O)O)CC3)c12. The molecule has 1 aromatic carbocycles. The maximum atomic E-state index is 13.6. The van der Waals surface area contributed by atoms with E-state index in [1.165, 1.54) is 39.9 Å². The smallest absolute Gasteiger partial charge is 0.407 e. The van der Waals surface area contributed by atoms with E-state index in [1.54, 1.807) is 0 Å². The first-order valence-corrected chi connectivity index (χ1v) is 13.6. The first-order valence-electron chi connectivity index (χ1n) is 11.8. The van der Waals surface area contributed by atoms with Gasteiger partial charge in [0.05, 0.1) is 29.6 Å². The summed E-state index contributed by atoms with van der Waals surface area (Å²) >= 11 is 0. The van der Waals surface area contributed by atoms with E-state index in [1.807, 2.05) is 18.6 Å². The molecule has 0 aliphatic carbocycles. The van der Waals surface area contributed by atoms with Gasteiger partial charge >= 0.3 is 6.09 Å². The van der Waals surface area contributed by atoms with Crippen LogP contribution in [0.5, 0.6) is 5.75 Å². The summed E-state index contributed by atoms with van der Waals surface area (Å²) in [5, 5.41) is 14.4. The zero-order valence-electron chi connectivity index (χ0n) is 20.6. The number of pyridine rings is 1. The van der Waals surface area contributed by atoms with Gasteiger partial charge in [-0.2, -0.15) is 5.10 Å². The Morgan fingerprint density at radius 3 is 2.43 bits per heavy atom. The van der Waals surface area contributed by atoms with Gasteiger partial charge in [-0.3, -0.25) is 4.79 Å². The number of carbonyl (C=O) groups excluding carboxylic acids is 1. The van der Waals surface area contributed by atoms with E-state index in [0.717, 1.165) is 6.26 Å². The van der Waals surface area contributed by atoms with E-state index in [9.17, 15) is 27.5 Å². The lowest BCUT2D eigenvalue weighted by atomic mass is 9.98. The van der Waals surface area contributed by atoms with Crippen molar-refractivity contribution >= 4 is 33.1 Å². The molecule has 2 N–H and O–H groups in total. The second-order valence-electron chi connectivity index (χ2n) is 9.36. The van der Waals surface area contributed by atoms with Crippen molar-refractivity contribution in [1.82, 2.24) is 24.4 Å². The van der Waals surface area contributed by atoms with Gasteiger partial charge in [0.2, 0.25) is 10.0 Å². The van der Waals surface area contributed by atoms with Crippen LogP contribution in [0.1, 0.15) is 48.8 Å². The minimum absolute atomic E-state index is 0.0668. The number of carboxylic acid groups (broad SMARTS) is 1. The Morgan fingerprint density at radius 1 is 1.22 bits per heavy atom. The number of fused-ring (bicyclic) bond motifs is 1. The van der Waals surface area contributed by atoms with Gasteiger partial charge < -0.3 is 14.7 Å². The molecule has 198 valence electrons. The van der Waals surface area contributed by atoms with Crippen LogP contribution < -0.4 is 9.46 Å². The summed E-state index contributed by atoms with van der Waals surface area (Å²) in [6.07, 6.45) is 1.15. The number of rotatable bonds is 7. The number of carbonyl (C=O) groups is 2. The molecule has 0 radical (unpaired) electrons. The average molecular weight is 534 g/mol. The fourth-order valence-corrected chi connectivity index (χ4v) is 4.67. The molecular weight excluding hydrogens is 505 g/mol. The van der Waals surface area contributed by atoms with Crippen LogP contribution in [0.3, 0.4) is 0 Å². The number of hydrogen-bond donors (Lipinski definition) is 2. The number of ether oxygens (including phenoxy) is 1. The Balaban J connectivity index is 1.78. The molecule has 0 bridgehead atoms. The molecule has 0 atom stereocenters. The highest BCUT2D eigenvalue weighted by Crippen LogP contribution is 2.35. The largest absolute Gasteiger partial charge is 0.492 e. The number of benzene rings is 1. The van der Waals surface area contributed by atoms with E-state index in [2.05, 4.69) is 10.1 Å². The highest BCUT2D eigenvalue weighted by atomic mass is 32.2. The third-order valence-corrected chi connectivity index (χ3v) is 6.67. The van der Waals surface area contributed by atoms with Crippen LogP contribution in [-0.4, -0.2) is 71.1 Å². The van der Waals surface area contributed by atoms with Gasteiger partial charge in [0.25, 0.3) is 5.91 Å². The molecule has 37 heavy (non-hydrogen) atoms. The number of hydrogen-bond acceptors (Lipinski definition) is 7. The van der Waals surface area contributed by atoms with E-state index in [4.69, 9.17) is 4.74 Å². The number of piperidine rings is 1. The van der Waals surface area contributed by atoms with Crippen LogP contribution in [-0.2, 0) is 10.0 Å². The molecule has 1 saturated heterocycles. The average Bonchev–Trinajstić information content (AvgIpc) is 3.22. The van der Waals surface area contributed by atoms with Crippen molar-refractivity contribution in [2.24, 2.45) is 5.92 Å². The minimum atomic E-state index is -3.85. The van der Waals surface area contributed by atoms with Gasteiger partial charge in [-0.15, -0.1) is 0 Å². The van der Waals surface area contributed by atoms with Crippen molar-refractivity contribution in [3.63, 3.8) is 0 Å². The quantitative estimate of drug-likeness (QED) is 0.471. The normalized spacial score (nSPS) is 14.8. The first-order chi connectivity index (χ1) is 17.4. The Morgan fingerprint density at radius 2 is 1.86 bits per heavy atom. The number of amides is 2. The number of aromatic nitrogens is 3. The van der Waals surface area contributed by atoms with Crippen LogP contribution in [0.15, 0.2) is 30.3 Å². The van der Waals surface area contributed by atoms with Crippen molar-refractivity contribution in [3.05, 3.63) is 47.5 Å². The lowest BCUT2D eigenvalue weighted by Crippen LogP contribution is -2.38. The second kappa shape index (κ2) is 10.3. The van der Waals surface area contributed by atoms with Crippen molar-refractivity contribution in [2.45, 2.75) is 32.6 Å². The Kier molecular flexibility index (Phi) is 7.35. The molecule has 3 aromatic rings. The monoisotopic (exact) mass is 533 g/mol. The predicted molar refractivity (Wildman–Crippen MR) is 133 cm³/mol. The lowest BCUT2D eigenvalue weighted by Gasteiger charge is -2.29. The summed E-state index contributed by atoms with van der Waals surface area (Å²) in [6.45, 7) is 4.94. The summed E-state index contributed by atoms with van der Waals surface area (Å²) in [5.41, 5.74) is 1.20. The Labute approximate surface area is 213 Å². The summed E-state index contributed by atoms with van der Waals surface area (Å²) in [5.74, 6) is -1.03. The van der Waals surface area contributed by atoms with Gasteiger partial charge in [-0.05, 0) is 48.9 Å². The van der Waals surface area contributed by atoms with E-state index >= 15 is 0 Å². The third-order valence-electron chi connectivity index (χ3n) is 6.12. The lowest BCUT2D eigenvalue weighted by molar-refractivity contribution is 0.0976. The van der Waals surface area contributed by atoms with Gasteiger partial charge in [0.1, 0.15) is 17.3 Å². The number of halogens is 1. The van der Waals surface area contributed by atoms with Crippen LogP contribution in [0.2, 0.25) is 0 Å². The van der Waals surface area contributed by atoms with Crippen LogP contribution in [0, 0.1) is 11.7 Å². The molecule has 2 aromatic heterocycles. The molecule has 11 nitrogen and oxygen atoms in total. The minimum Gasteiger partial charge on any atom is -0.492 e. The van der Waals surface area contributed by atoms with Gasteiger partial charge in [-0.1, -0.05) is 13.8 Å². The predicted octanol–water partition coefficient (Wildman–Crippen LogP) is 3.14. The molecule has 0 saturated carbocycles. The van der Waals surface area contributed by atoms with Crippen molar-refractivity contribution in [3.8, 4) is 11.4 Å². The van der Waals surface area contributed by atoms with Crippen molar-refractivity contribution in [2.75, 3.05) is 26.0 Å². The number of likely N-dealkylation sites (tertiary alicyclic amines) is 1. The van der Waals surface area contributed by atoms with Crippen LogP contribution in [0.4, 0.5) is 9.18 Å². The van der Waals surface area contributed by atoms with E-state index < -0.39 is 27.8 Å². The van der Waals surface area contributed by atoms with Crippen LogP contribution in [0.25, 0.3) is 16.7 Å². The Hall–Kier alpha value is -3.74. The second-order valence-corrected chi connectivity index (χ2v) is 11.1. The molecular formula is C24H28FN5O6S. The van der Waals surface area contributed by atoms with Gasteiger partial charge in [0, 0.05) is 19.2 Å². The summed E-state index contributed by atoms with van der Waals surface area (Å²) in [6, 6.07) is 6.98. The Bertz CT molecular complexity index is 1430. The molecule has 1 fully saturated rings. The van der Waals surface area contributed by atoms with Gasteiger partial charge in [0.15, 0.2) is 5.65 Å². The molecule has 1 aliphatic rings. The maximum absolute atomic E-state index is 13.6. The highest BCUT2D eigenvalue weighted by molar-refractivity contribution is 7.89. The highest BCUT2D eigenvalue weighted by Gasteiger charge is 2.26. The topological polar surface area (TPSA) is 144 Å². The molecule has 2 amide bonds. The molecule has 0 spiro atoms. The van der Waals surface area contributed by atoms with E-state index in [-0.39, 0.29) is 29.8 Å². The molecule has 0 unspecified atom stereocenters. The van der Waals surface area contributed by atoms with E-state index in [0.29, 0.717) is 48.4 Å². The first kappa shape index (κ1) is 26.3. The summed E-state index contributed by atoms with van der Waals surface area (Å²) in [7, 11) is -3.85. The van der Waals surface area contributed by atoms with Crippen LogP contribution >= 0.6 is 0 Å². The zero-order chi connectivity index (χ0) is 26.9. The fourth-order valence-electron chi connectivity index (χ4n) is 4.22. The maximum Gasteiger partial charge on any atom is 0.407 e. The summed E-state index contributed by atoms with van der Waals surface area (Å²) < 4.78 is 46.5. The van der Waals surface area contributed by atoms with Crippen molar-refractivity contribution in [1.29, 1.82) is 0 Å². The fraction of sp³-hybridized carbons (Fsp3) is 0.417. The standard InChI is InChI=1S/C24H28FN5O6S/c1-14(2)21-20-19(36-13-15-8-10-29(11-9-15)24(32)33)12-18(23(31)28-37(3,34)35)26-22(20)30(27-21)17-6-4-16(25)5-7-17/h4-7,12,14-15H,8-11,13H2,1-3H3,(H,28,31)(H,32,33). The van der Waals surface area contributed by atoms with Gasteiger partial charge in [-0.25, -0.2) is 32.0 Å². The number of nitrogens with one attached hydrogen (secondary N) is 1. The van der Waals surface area contributed by atoms with Crippen molar-refractivity contribution < 1.29 is 32.2 Å². The third kappa shape index (κ3) is 5.98. The molecule has 4 rings (SSSR count). The zero-order valence-corrected chi connectivity index (χ0v) is 21.5. The molecule has 1 aliphatic heterocycles. The number of sulfonamides is 1. The molecule has 13 heteroatoms. The summed E-state index contributed by atoms with van der Waals surface area (Å²) in [4.78, 5) is 29.7.